The van der Waals surface area contributed by atoms with Crippen LogP contribution in [0.4, 0.5) is 0 Å². The molecule has 250 valence electrons. The quantitative estimate of drug-likeness (QED) is 0.204. The van der Waals surface area contributed by atoms with Crippen molar-refractivity contribution in [3.63, 3.8) is 0 Å². The van der Waals surface area contributed by atoms with Gasteiger partial charge in [0.05, 0.1) is 30.4 Å². The molecule has 0 atom stereocenters. The Morgan fingerprint density at radius 2 is 1.61 bits per heavy atom. The van der Waals surface area contributed by atoms with Gasteiger partial charge < -0.3 is 28.1 Å². The van der Waals surface area contributed by atoms with Gasteiger partial charge in [0, 0.05) is 69.3 Å². The van der Waals surface area contributed by atoms with E-state index < -0.39 is 0 Å². The third-order valence-electron chi connectivity index (χ3n) is 9.04. The zero-order valence-corrected chi connectivity index (χ0v) is 28.1. The molecular weight excluding hydrogens is 616 g/mol. The average molecular weight is 657 g/mol. The van der Waals surface area contributed by atoms with E-state index in [-0.39, 0.29) is 5.56 Å². The van der Waals surface area contributed by atoms with E-state index in [4.69, 9.17) is 28.9 Å². The maximum Gasteiger partial charge on any atom is 0.250 e. The number of aryl methyl sites for hydroxylation is 3. The molecule has 1 fully saturated rings. The number of pyridine rings is 2. The van der Waals surface area contributed by atoms with Crippen molar-refractivity contribution >= 4 is 11.0 Å². The van der Waals surface area contributed by atoms with Crippen molar-refractivity contribution in [2.45, 2.75) is 32.3 Å². The number of methoxy groups -OCH3 is 1. The molecule has 5 heterocycles. The number of ether oxygens (including phenoxy) is 4. The van der Waals surface area contributed by atoms with E-state index >= 15 is 0 Å². The monoisotopic (exact) mass is 656 g/mol. The van der Waals surface area contributed by atoms with Gasteiger partial charge in [0.1, 0.15) is 23.9 Å². The molecule has 3 aromatic heterocycles. The summed E-state index contributed by atoms with van der Waals surface area (Å²) in [7, 11) is 5.48. The molecule has 0 aliphatic carbocycles. The van der Waals surface area contributed by atoms with Crippen LogP contribution in [0.1, 0.15) is 35.4 Å². The Hall–Kier alpha value is -5.41. The van der Waals surface area contributed by atoms with Crippen LogP contribution in [0.25, 0.3) is 33.4 Å². The van der Waals surface area contributed by atoms with E-state index in [0.717, 1.165) is 87.9 Å². The predicted octanol–water partition coefficient (Wildman–Crippen LogP) is 6.91. The number of hydrogen-bond donors (Lipinski definition) is 0. The maximum absolute atomic E-state index is 12.0. The molecule has 9 nitrogen and oxygen atoms in total. The molecule has 2 aliphatic heterocycles. The van der Waals surface area contributed by atoms with E-state index in [1.165, 1.54) is 12.0 Å². The molecule has 4 bridgehead atoms. The summed E-state index contributed by atoms with van der Waals surface area (Å²) in [5, 5.41) is 0. The highest BCUT2D eigenvalue weighted by Gasteiger charge is 2.16. The molecule has 0 unspecified atom stereocenters. The van der Waals surface area contributed by atoms with E-state index in [0.29, 0.717) is 25.5 Å². The second-order valence-electron chi connectivity index (χ2n) is 12.4. The standard InChI is InChI=1S/C37H34N4O4.C3H6O/c1-40-22-28(13-16-37(40)42)25-9-12-29-23-45-36-8-4-7-31(39-36)26-10-11-27(34(19-26)44-17-5-6-24(29)18-25)20-35-38-32-15-14-30(43-3)21-33(32)41(35)2;1-2-4-3-1/h4,7-16,18-19,21-22H,5-6,17,20,23H2,1-3H3;1-3H2. The zero-order valence-electron chi connectivity index (χ0n) is 28.1. The zero-order chi connectivity index (χ0) is 33.7. The fourth-order valence-corrected chi connectivity index (χ4v) is 6.01. The summed E-state index contributed by atoms with van der Waals surface area (Å²) in [6.45, 7) is 2.96. The first kappa shape index (κ1) is 32.2. The minimum absolute atomic E-state index is 0.0304. The van der Waals surface area contributed by atoms with Crippen LogP contribution in [0.3, 0.4) is 0 Å². The average Bonchev–Trinajstić information content (AvgIpc) is 3.40. The van der Waals surface area contributed by atoms with Crippen LogP contribution >= 0.6 is 0 Å². The van der Waals surface area contributed by atoms with Crippen molar-refractivity contribution in [1.82, 2.24) is 19.1 Å². The number of fused-ring (bicyclic) bond motifs is 7. The minimum atomic E-state index is -0.0304. The second-order valence-corrected chi connectivity index (χ2v) is 12.4. The Morgan fingerprint density at radius 3 is 2.41 bits per heavy atom. The third kappa shape index (κ3) is 7.22. The van der Waals surface area contributed by atoms with Gasteiger partial charge in [-0.1, -0.05) is 36.4 Å². The van der Waals surface area contributed by atoms with Crippen LogP contribution < -0.4 is 19.8 Å². The van der Waals surface area contributed by atoms with Gasteiger partial charge in [-0.3, -0.25) is 4.79 Å². The Labute approximate surface area is 285 Å². The van der Waals surface area contributed by atoms with Crippen molar-refractivity contribution in [1.29, 1.82) is 0 Å². The highest BCUT2D eigenvalue weighted by molar-refractivity contribution is 5.78. The lowest BCUT2D eigenvalue weighted by molar-refractivity contribution is 0.0367. The lowest BCUT2D eigenvalue weighted by atomic mass is 9.97. The highest BCUT2D eigenvalue weighted by atomic mass is 16.5. The first-order valence-electron chi connectivity index (χ1n) is 16.7. The summed E-state index contributed by atoms with van der Waals surface area (Å²) in [6, 6.07) is 27.9. The molecule has 0 N–H and O–H groups in total. The second kappa shape index (κ2) is 14.4. The highest BCUT2D eigenvalue weighted by Crippen LogP contribution is 2.31. The maximum atomic E-state index is 12.0. The molecule has 0 saturated carbocycles. The number of benzene rings is 3. The van der Waals surface area contributed by atoms with Gasteiger partial charge in [0.15, 0.2) is 0 Å². The van der Waals surface area contributed by atoms with Crippen LogP contribution in [0.2, 0.25) is 0 Å². The molecule has 0 spiro atoms. The number of aromatic nitrogens is 4. The number of hydrogen-bond acceptors (Lipinski definition) is 7. The molecule has 2 aliphatic rings. The fourth-order valence-electron chi connectivity index (χ4n) is 6.01. The van der Waals surface area contributed by atoms with Gasteiger partial charge in [-0.2, -0.15) is 0 Å². The van der Waals surface area contributed by atoms with Crippen molar-refractivity contribution in [3.8, 4) is 39.8 Å². The largest absolute Gasteiger partial charge is 0.497 e. The summed E-state index contributed by atoms with van der Waals surface area (Å²) >= 11 is 0. The van der Waals surface area contributed by atoms with Crippen molar-refractivity contribution < 1.29 is 18.9 Å². The van der Waals surface area contributed by atoms with Gasteiger partial charge in [-0.25, -0.2) is 9.97 Å². The van der Waals surface area contributed by atoms with Crippen LogP contribution in [0.15, 0.2) is 95.9 Å². The molecule has 1 saturated heterocycles. The van der Waals surface area contributed by atoms with Crippen molar-refractivity contribution in [2.24, 2.45) is 14.1 Å². The molecule has 49 heavy (non-hydrogen) atoms. The minimum Gasteiger partial charge on any atom is -0.497 e. The lowest BCUT2D eigenvalue weighted by Crippen LogP contribution is -2.14. The van der Waals surface area contributed by atoms with Gasteiger partial charge >= 0.3 is 0 Å². The van der Waals surface area contributed by atoms with Gasteiger partial charge in [-0.15, -0.1) is 0 Å². The summed E-state index contributed by atoms with van der Waals surface area (Å²) < 4.78 is 26.6. The SMILES string of the molecule is C1COC1.COc1ccc2nc(Cc3ccc4cc3OCCCc3cc(-c5ccc(=O)n(C)c5)ccc3COc3cccc-4n3)n(C)c2c1. The summed E-state index contributed by atoms with van der Waals surface area (Å²) in [6.07, 6.45) is 5.40. The number of nitrogens with zero attached hydrogens (tertiary/aromatic N) is 4. The third-order valence-corrected chi connectivity index (χ3v) is 9.04. The summed E-state index contributed by atoms with van der Waals surface area (Å²) in [4.78, 5) is 21.7. The van der Waals surface area contributed by atoms with E-state index in [2.05, 4.69) is 41.0 Å². The van der Waals surface area contributed by atoms with Crippen molar-refractivity contribution in [3.05, 3.63) is 124 Å². The molecule has 6 aromatic rings. The van der Waals surface area contributed by atoms with Crippen LogP contribution in [-0.2, 0) is 38.3 Å². The van der Waals surface area contributed by atoms with E-state index in [9.17, 15) is 4.79 Å². The number of imidazole rings is 1. The van der Waals surface area contributed by atoms with E-state index in [1.807, 2.05) is 55.7 Å². The molecule has 8 rings (SSSR count). The van der Waals surface area contributed by atoms with E-state index in [1.54, 1.807) is 24.8 Å². The van der Waals surface area contributed by atoms with Gasteiger partial charge in [-0.05, 0) is 71.8 Å². The van der Waals surface area contributed by atoms with Crippen LogP contribution in [0, 0.1) is 0 Å². The van der Waals surface area contributed by atoms with Crippen LogP contribution in [-0.4, -0.2) is 46.0 Å². The lowest BCUT2D eigenvalue weighted by Gasteiger charge is -2.17. The van der Waals surface area contributed by atoms with Crippen LogP contribution in [0.5, 0.6) is 17.4 Å². The van der Waals surface area contributed by atoms with Gasteiger partial charge in [0.25, 0.3) is 0 Å². The summed E-state index contributed by atoms with van der Waals surface area (Å²) in [5.41, 5.74) is 9.10. The van der Waals surface area contributed by atoms with Crippen molar-refractivity contribution in [2.75, 3.05) is 26.9 Å². The first-order chi connectivity index (χ1) is 23.9. The number of rotatable bonds is 4. The van der Waals surface area contributed by atoms with Gasteiger partial charge in [0.2, 0.25) is 11.4 Å². The molecule has 0 radical (unpaired) electrons. The topological polar surface area (TPSA) is 89.6 Å². The Bertz CT molecular complexity index is 2160. The smallest absolute Gasteiger partial charge is 0.250 e. The predicted molar refractivity (Wildman–Crippen MR) is 190 cm³/mol. The molecule has 9 heteroatoms. The normalized spacial score (nSPS) is 13.9. The fraction of sp³-hybridized carbons (Fsp3) is 0.275. The molecular formula is C40H40N4O5. The Kier molecular flexibility index (Phi) is 9.43. The molecule has 3 aromatic carbocycles. The molecule has 0 amide bonds. The Morgan fingerprint density at radius 1 is 0.796 bits per heavy atom. The first-order valence-corrected chi connectivity index (χ1v) is 16.7. The Balaban J connectivity index is 0.000000883. The summed E-state index contributed by atoms with van der Waals surface area (Å²) in [5.74, 6) is 3.14.